The molecule has 0 bridgehead atoms. The first-order valence-electron chi connectivity index (χ1n) is 11.0. The minimum Gasteiger partial charge on any atom is -0.367 e. The maximum absolute atomic E-state index is 12.3. The van der Waals surface area contributed by atoms with Crippen molar-refractivity contribution < 1.29 is 18.6 Å². The molecule has 0 unspecified atom stereocenters. The molecule has 4 aromatic heterocycles. The lowest BCUT2D eigenvalue weighted by atomic mass is 9.89. The fourth-order valence-electron chi connectivity index (χ4n) is 4.12. The monoisotopic (exact) mass is 529 g/mol. The van der Waals surface area contributed by atoms with E-state index in [1.54, 1.807) is 30.2 Å². The molecular formula is C21H23N9O4S2. The molecule has 0 aromatic carbocycles. The van der Waals surface area contributed by atoms with Crippen molar-refractivity contribution >= 4 is 43.2 Å². The minimum absolute atomic E-state index is 0.00650. The zero-order chi connectivity index (χ0) is 25.5. The summed E-state index contributed by atoms with van der Waals surface area (Å²) in [7, 11) is -3.34. The maximum atomic E-state index is 12.3. The van der Waals surface area contributed by atoms with E-state index in [1.165, 1.54) is 26.5 Å². The van der Waals surface area contributed by atoms with Crippen molar-refractivity contribution in [3.8, 4) is 17.3 Å². The summed E-state index contributed by atoms with van der Waals surface area (Å²) < 4.78 is 29.8. The Morgan fingerprint density at radius 2 is 2.06 bits per heavy atom. The number of aliphatic hydroxyl groups excluding tert-OH is 1. The van der Waals surface area contributed by atoms with Gasteiger partial charge < -0.3 is 15.5 Å². The maximum Gasteiger partial charge on any atom is 0.228 e. The summed E-state index contributed by atoms with van der Waals surface area (Å²) in [5, 5.41) is 41.3. The smallest absolute Gasteiger partial charge is 0.228 e. The van der Waals surface area contributed by atoms with E-state index in [-0.39, 0.29) is 31.8 Å². The van der Waals surface area contributed by atoms with E-state index in [0.717, 1.165) is 10.2 Å². The molecule has 13 nitrogen and oxygen atoms in total. The quantitative estimate of drug-likeness (QED) is 0.266. The van der Waals surface area contributed by atoms with Crippen molar-refractivity contribution in [1.29, 1.82) is 5.26 Å². The van der Waals surface area contributed by atoms with Crippen molar-refractivity contribution in [2.45, 2.75) is 31.7 Å². The molecule has 36 heavy (non-hydrogen) atoms. The highest BCUT2D eigenvalue weighted by Crippen LogP contribution is 2.37. The molecule has 0 spiro atoms. The number of nitrogens with one attached hydrogen (secondary N) is 1. The van der Waals surface area contributed by atoms with Crippen molar-refractivity contribution in [2.24, 2.45) is 0 Å². The number of sulfonamides is 1. The largest absolute Gasteiger partial charge is 0.367 e. The predicted octanol–water partition coefficient (Wildman–Crippen LogP) is 1.08. The van der Waals surface area contributed by atoms with Gasteiger partial charge in [-0.3, -0.25) is 9.36 Å². The Labute approximate surface area is 210 Å². The summed E-state index contributed by atoms with van der Waals surface area (Å²) in [6, 6.07) is 4.05. The zero-order valence-electron chi connectivity index (χ0n) is 19.2. The van der Waals surface area contributed by atoms with Crippen LogP contribution in [0.2, 0.25) is 0 Å². The van der Waals surface area contributed by atoms with Crippen LogP contribution >= 0.6 is 11.3 Å². The van der Waals surface area contributed by atoms with Crippen molar-refractivity contribution in [3.63, 3.8) is 0 Å². The molecule has 188 valence electrons. The number of nitriles is 1. The lowest BCUT2D eigenvalue weighted by Crippen LogP contribution is -2.64. The van der Waals surface area contributed by atoms with Crippen LogP contribution in [-0.2, 0) is 22.1 Å². The zero-order valence-corrected chi connectivity index (χ0v) is 20.8. The third-order valence-electron chi connectivity index (χ3n) is 5.99. The van der Waals surface area contributed by atoms with Crippen LogP contribution in [0.25, 0.3) is 21.5 Å². The van der Waals surface area contributed by atoms with Gasteiger partial charge in [0, 0.05) is 31.0 Å². The van der Waals surface area contributed by atoms with E-state index < -0.39 is 21.9 Å². The van der Waals surface area contributed by atoms with Crippen LogP contribution in [0.3, 0.4) is 0 Å². The Morgan fingerprint density at radius 3 is 2.78 bits per heavy atom. The first-order valence-corrected chi connectivity index (χ1v) is 13.5. The van der Waals surface area contributed by atoms with E-state index in [9.17, 15) is 13.7 Å². The van der Waals surface area contributed by atoms with Gasteiger partial charge in [0.15, 0.2) is 6.29 Å². The summed E-state index contributed by atoms with van der Waals surface area (Å²) in [5.74, 6) is 0.329. The van der Waals surface area contributed by atoms with E-state index in [1.807, 2.05) is 11.4 Å². The molecule has 1 fully saturated rings. The topological polar surface area (TPSA) is 175 Å². The van der Waals surface area contributed by atoms with Gasteiger partial charge in [0.1, 0.15) is 5.54 Å². The molecule has 0 amide bonds. The fraction of sp³-hybridized carbons (Fsp3) is 0.381. The Morgan fingerprint density at radius 1 is 1.25 bits per heavy atom. The third-order valence-corrected chi connectivity index (χ3v) is 8.68. The van der Waals surface area contributed by atoms with Crippen LogP contribution < -0.4 is 5.32 Å². The Kier molecular flexibility index (Phi) is 6.22. The molecule has 1 saturated heterocycles. The number of fused-ring (bicyclic) bond motifs is 1. The highest BCUT2D eigenvalue weighted by molar-refractivity contribution is 7.89. The van der Waals surface area contributed by atoms with E-state index in [2.05, 4.69) is 31.6 Å². The normalized spacial score (nSPS) is 15.8. The molecule has 15 heteroatoms. The van der Waals surface area contributed by atoms with Gasteiger partial charge in [-0.15, -0.1) is 11.3 Å². The number of aromatic nitrogens is 6. The third kappa shape index (κ3) is 4.45. The number of nitrogens with zero attached hydrogens (tertiary/aromatic N) is 8. The number of hydrogen-bond donors (Lipinski definition) is 3. The molecule has 0 atom stereocenters. The van der Waals surface area contributed by atoms with E-state index >= 15 is 0 Å². The summed E-state index contributed by atoms with van der Waals surface area (Å²) in [4.78, 5) is 9.24. The number of anilines is 2. The molecule has 1 aliphatic rings. The molecule has 5 rings (SSSR count). The standard InChI is InChI=1S/C21H23N9O4S2/c1-2-36(33,34)29-12-21(13-29,4-5-22)30-9-14(7-24-30)18-19-16(3-6-35-19)26-20(27-18)25-15-8-23-28(10-15)11-17(31)32/h3,6-10,17,31-32H,2,4,11-13H2,1H3,(H,25,26,27). The summed E-state index contributed by atoms with van der Waals surface area (Å²) in [6.45, 7) is 1.91. The molecule has 0 aliphatic carbocycles. The average molecular weight is 530 g/mol. The molecule has 0 radical (unpaired) electrons. The fourth-order valence-corrected chi connectivity index (χ4v) is 6.20. The van der Waals surface area contributed by atoms with Crippen LogP contribution in [-0.4, -0.2) is 77.6 Å². The summed E-state index contributed by atoms with van der Waals surface area (Å²) >= 11 is 1.49. The van der Waals surface area contributed by atoms with Gasteiger partial charge in [-0.25, -0.2) is 18.4 Å². The number of thiophene rings is 1. The highest BCUT2D eigenvalue weighted by Gasteiger charge is 2.49. The van der Waals surface area contributed by atoms with Crippen molar-refractivity contribution in [2.75, 3.05) is 24.2 Å². The van der Waals surface area contributed by atoms with Crippen LogP contribution in [0.15, 0.2) is 36.2 Å². The molecule has 0 saturated carbocycles. The first kappa shape index (κ1) is 24.3. The summed E-state index contributed by atoms with van der Waals surface area (Å²) in [5.41, 5.74) is 1.93. The lowest BCUT2D eigenvalue weighted by molar-refractivity contribution is -0.0534. The van der Waals surface area contributed by atoms with E-state index in [0.29, 0.717) is 22.9 Å². The predicted molar refractivity (Wildman–Crippen MR) is 132 cm³/mol. The van der Waals surface area contributed by atoms with Crippen molar-refractivity contribution in [1.82, 2.24) is 33.8 Å². The SMILES string of the molecule is CCS(=O)(=O)N1CC(CC#N)(n2cc(-c3nc(Nc4cnn(CC(O)O)c4)nc4ccsc34)cn2)C1. The van der Waals surface area contributed by atoms with Gasteiger partial charge in [-0.2, -0.15) is 19.8 Å². The highest BCUT2D eigenvalue weighted by atomic mass is 32.2. The van der Waals surface area contributed by atoms with Gasteiger partial charge in [-0.05, 0) is 18.4 Å². The molecule has 3 N–H and O–H groups in total. The Bertz CT molecular complexity index is 1540. The Hall–Kier alpha value is -3.42. The van der Waals surface area contributed by atoms with E-state index in [4.69, 9.17) is 10.2 Å². The first-order chi connectivity index (χ1) is 17.2. The second-order valence-electron chi connectivity index (χ2n) is 8.49. The second-order valence-corrected chi connectivity index (χ2v) is 11.7. The van der Waals surface area contributed by atoms with Gasteiger partial charge in [-0.1, -0.05) is 0 Å². The second kappa shape index (κ2) is 9.22. The lowest BCUT2D eigenvalue weighted by Gasteiger charge is -2.47. The number of rotatable bonds is 9. The van der Waals surface area contributed by atoms with Gasteiger partial charge in [0.05, 0.1) is 58.8 Å². The minimum atomic E-state index is -3.34. The van der Waals surface area contributed by atoms with Gasteiger partial charge >= 0.3 is 0 Å². The van der Waals surface area contributed by atoms with Crippen LogP contribution in [0.4, 0.5) is 11.6 Å². The number of hydrogen-bond acceptors (Lipinski definition) is 11. The number of aliphatic hydroxyl groups is 2. The average Bonchev–Trinajstić information content (AvgIpc) is 3.56. The van der Waals surface area contributed by atoms with Gasteiger partial charge in [0.25, 0.3) is 0 Å². The molecule has 5 heterocycles. The molecule has 1 aliphatic heterocycles. The molecular weight excluding hydrogens is 506 g/mol. The van der Waals surface area contributed by atoms with Crippen LogP contribution in [0, 0.1) is 11.3 Å². The van der Waals surface area contributed by atoms with Crippen LogP contribution in [0.1, 0.15) is 13.3 Å². The molecule has 4 aromatic rings. The van der Waals surface area contributed by atoms with Gasteiger partial charge in [0.2, 0.25) is 16.0 Å². The van der Waals surface area contributed by atoms with Crippen molar-refractivity contribution in [3.05, 3.63) is 36.2 Å². The summed E-state index contributed by atoms with van der Waals surface area (Å²) in [6.07, 6.45) is 5.19. The van der Waals surface area contributed by atoms with Crippen LogP contribution in [0.5, 0.6) is 0 Å². The Balaban J connectivity index is 1.45.